The number of alkyl halides is 3. The van der Waals surface area contributed by atoms with Crippen LogP contribution in [0.3, 0.4) is 0 Å². The molecule has 0 bridgehead atoms. The molecule has 0 aromatic heterocycles. The van der Waals surface area contributed by atoms with Crippen LogP contribution in [-0.2, 0) is 25.2 Å². The van der Waals surface area contributed by atoms with Gasteiger partial charge in [-0.3, -0.25) is 4.79 Å². The number of anilines is 1. The van der Waals surface area contributed by atoms with E-state index in [-0.39, 0.29) is 22.5 Å². The molecule has 0 spiro atoms. The van der Waals surface area contributed by atoms with Crippen molar-refractivity contribution in [1.82, 2.24) is 0 Å². The number of ether oxygens (including phenoxy) is 4. The summed E-state index contributed by atoms with van der Waals surface area (Å²) in [4.78, 5) is 25.9. The molecule has 6 aromatic rings. The summed E-state index contributed by atoms with van der Waals surface area (Å²) in [6.07, 6.45) is -6.81. The van der Waals surface area contributed by atoms with E-state index < -0.39 is 47.8 Å². The third-order valence-corrected chi connectivity index (χ3v) is 10.2. The number of nitrogens with zero attached hydrogens (tertiary/aromatic N) is 2. The average molecular weight is 923 g/mol. The fourth-order valence-electron chi connectivity index (χ4n) is 6.39. The molecule has 1 N–H and O–H groups in total. The van der Waals surface area contributed by atoms with Crippen LogP contribution in [0, 0.1) is 34.5 Å². The van der Waals surface area contributed by atoms with Gasteiger partial charge in [0.05, 0.1) is 22.2 Å². The number of carbonyl (C=O) groups is 2. The van der Waals surface area contributed by atoms with Gasteiger partial charge in [0.1, 0.15) is 41.2 Å². The molecule has 14 heteroatoms. The van der Waals surface area contributed by atoms with Crippen LogP contribution in [0.25, 0.3) is 0 Å². The summed E-state index contributed by atoms with van der Waals surface area (Å²) >= 11 is 12.0. The molecular weight excluding hydrogens is 878 g/mol. The molecule has 0 aliphatic rings. The Hall–Kier alpha value is -6.99. The molecule has 0 heterocycles. The average Bonchev–Trinajstić information content (AvgIpc) is 3.28. The van der Waals surface area contributed by atoms with E-state index in [2.05, 4.69) is 11.4 Å². The molecular formula is C51H44Cl2F3N3O6. The zero-order valence-electron chi connectivity index (χ0n) is 35.6. The maximum absolute atomic E-state index is 13.0. The molecule has 6 aromatic carbocycles. The molecule has 0 aliphatic heterocycles. The summed E-state index contributed by atoms with van der Waals surface area (Å²) < 4.78 is 61.4. The van der Waals surface area contributed by atoms with Crippen molar-refractivity contribution in [3.63, 3.8) is 0 Å². The summed E-state index contributed by atoms with van der Waals surface area (Å²) in [7, 11) is 0. The fraction of sp³-hybridized carbons (Fsp3) is 0.216. The lowest BCUT2D eigenvalue weighted by molar-refractivity contribution is -0.150. The molecule has 0 saturated heterocycles. The van der Waals surface area contributed by atoms with E-state index >= 15 is 0 Å². The molecule has 0 fully saturated rings. The molecule has 0 radical (unpaired) electrons. The van der Waals surface area contributed by atoms with Gasteiger partial charge in [-0.2, -0.15) is 23.7 Å². The highest BCUT2D eigenvalue weighted by atomic mass is 35.5. The van der Waals surface area contributed by atoms with Gasteiger partial charge >= 0.3 is 18.1 Å². The SMILES string of the molecule is CC(C)C(C(=O)OC(C#N)c1cccc(Oc2ccccc2)c1)c1ccc(Cl)cc1.CC(C)C(Nc1ccc(C(F)(F)F)cc1Cl)C(=O)OC(C#N)c1cccc(Oc2ccccc2)c1. The zero-order chi connectivity index (χ0) is 47.1. The van der Waals surface area contributed by atoms with Crippen molar-refractivity contribution < 1.29 is 41.7 Å². The predicted molar refractivity (Wildman–Crippen MR) is 243 cm³/mol. The Morgan fingerprint density at radius 3 is 1.48 bits per heavy atom. The van der Waals surface area contributed by atoms with Gasteiger partial charge in [0.25, 0.3) is 0 Å². The summed E-state index contributed by atoms with van der Waals surface area (Å²) in [5.41, 5.74) is 1.00. The molecule has 65 heavy (non-hydrogen) atoms. The van der Waals surface area contributed by atoms with Gasteiger partial charge in [0.2, 0.25) is 12.2 Å². The lowest BCUT2D eigenvalue weighted by Gasteiger charge is -2.24. The summed E-state index contributed by atoms with van der Waals surface area (Å²) in [5.74, 6) is 0.273. The summed E-state index contributed by atoms with van der Waals surface area (Å²) in [6.45, 7) is 7.34. The van der Waals surface area contributed by atoms with Crippen molar-refractivity contribution in [1.29, 1.82) is 10.5 Å². The number of hydrogen-bond acceptors (Lipinski definition) is 9. The zero-order valence-corrected chi connectivity index (χ0v) is 37.1. The molecule has 9 nitrogen and oxygen atoms in total. The second kappa shape index (κ2) is 23.1. The van der Waals surface area contributed by atoms with Crippen molar-refractivity contribution >= 4 is 40.8 Å². The van der Waals surface area contributed by atoms with Crippen LogP contribution in [0.4, 0.5) is 18.9 Å². The van der Waals surface area contributed by atoms with Crippen molar-refractivity contribution in [2.75, 3.05) is 5.32 Å². The monoisotopic (exact) mass is 921 g/mol. The quantitative estimate of drug-likeness (QED) is 0.100. The minimum atomic E-state index is -4.54. The van der Waals surface area contributed by atoms with Gasteiger partial charge in [-0.05, 0) is 96.3 Å². The molecule has 0 aliphatic carbocycles. The molecule has 334 valence electrons. The van der Waals surface area contributed by atoms with Crippen molar-refractivity contribution in [3.05, 3.63) is 184 Å². The highest BCUT2D eigenvalue weighted by Crippen LogP contribution is 2.35. The first-order valence-electron chi connectivity index (χ1n) is 20.3. The number of halogens is 5. The Bertz CT molecular complexity index is 2600. The molecule has 4 atom stereocenters. The number of esters is 2. The van der Waals surface area contributed by atoms with E-state index in [1.54, 1.807) is 86.6 Å². The second-order valence-electron chi connectivity index (χ2n) is 15.2. The van der Waals surface area contributed by atoms with E-state index in [1.165, 1.54) is 0 Å². The normalized spacial score (nSPS) is 12.8. The Morgan fingerprint density at radius 1 is 0.569 bits per heavy atom. The fourth-order valence-corrected chi connectivity index (χ4v) is 6.75. The maximum Gasteiger partial charge on any atom is 0.416 e. The van der Waals surface area contributed by atoms with Crippen LogP contribution < -0.4 is 14.8 Å². The first-order valence-corrected chi connectivity index (χ1v) is 21.1. The number of nitrogens with one attached hydrogen (secondary N) is 1. The van der Waals surface area contributed by atoms with E-state index in [1.807, 2.05) is 80.6 Å². The summed E-state index contributed by atoms with van der Waals surface area (Å²) in [5, 5.41) is 22.6. The summed E-state index contributed by atoms with van der Waals surface area (Å²) in [6, 6.07) is 45.0. The Kier molecular flexibility index (Phi) is 17.4. The van der Waals surface area contributed by atoms with E-state index in [0.29, 0.717) is 39.1 Å². The first-order chi connectivity index (χ1) is 31.1. The highest BCUT2D eigenvalue weighted by Gasteiger charge is 2.33. The molecule has 4 unspecified atom stereocenters. The molecule has 6 rings (SSSR count). The van der Waals surface area contributed by atoms with Crippen LogP contribution in [0.5, 0.6) is 23.0 Å². The van der Waals surface area contributed by atoms with Crippen molar-refractivity contribution in [2.45, 2.75) is 58.0 Å². The number of benzene rings is 6. The standard InChI is InChI=1S/C26H22ClF3N2O3.C25H22ClNO3/c1-16(2)24(32-22-12-11-18(14-21(22)27)26(28,29)30)25(33)35-23(15-31)17-7-6-10-20(13-17)34-19-8-4-3-5-9-19;1-17(2)24(18-11-13-20(26)14-12-18)25(28)30-23(16-27)19-7-6-10-22(15-19)29-21-8-4-3-5-9-21/h3-14,16,23-24,32H,1-2H3;3-15,17,23-24H,1-2H3. The predicted octanol–water partition coefficient (Wildman–Crippen LogP) is 14.1. The minimum absolute atomic E-state index is 0.00855. The van der Waals surface area contributed by atoms with Crippen LogP contribution in [0.15, 0.2) is 152 Å². The Morgan fingerprint density at radius 2 is 1.05 bits per heavy atom. The molecule has 0 amide bonds. The van der Waals surface area contributed by atoms with Gasteiger partial charge in [-0.25, -0.2) is 4.79 Å². The van der Waals surface area contributed by atoms with Gasteiger partial charge in [-0.1, -0.05) is 124 Å². The smallest absolute Gasteiger partial charge is 0.416 e. The maximum atomic E-state index is 13.0. The number of rotatable bonds is 15. The van der Waals surface area contributed by atoms with Gasteiger partial charge < -0.3 is 24.3 Å². The van der Waals surface area contributed by atoms with Crippen LogP contribution in [0.2, 0.25) is 10.0 Å². The van der Waals surface area contributed by atoms with Gasteiger partial charge in [0, 0.05) is 16.1 Å². The Balaban J connectivity index is 0.000000247. The third-order valence-electron chi connectivity index (χ3n) is 9.66. The second-order valence-corrected chi connectivity index (χ2v) is 16.0. The number of carbonyl (C=O) groups excluding carboxylic acids is 2. The third kappa shape index (κ3) is 14.3. The largest absolute Gasteiger partial charge is 0.457 e. The number of hydrogen-bond donors (Lipinski definition) is 1. The number of nitriles is 2. The van der Waals surface area contributed by atoms with E-state index in [4.69, 9.17) is 42.1 Å². The lowest BCUT2D eigenvalue weighted by Crippen LogP contribution is -2.36. The van der Waals surface area contributed by atoms with Crippen LogP contribution >= 0.6 is 23.2 Å². The van der Waals surface area contributed by atoms with Crippen LogP contribution in [0.1, 0.15) is 68.1 Å². The van der Waals surface area contributed by atoms with E-state index in [9.17, 15) is 33.3 Å². The van der Waals surface area contributed by atoms with Crippen molar-refractivity contribution in [3.8, 4) is 35.1 Å². The van der Waals surface area contributed by atoms with E-state index in [0.717, 1.165) is 23.8 Å². The van der Waals surface area contributed by atoms with Crippen LogP contribution in [-0.4, -0.2) is 18.0 Å². The lowest BCUT2D eigenvalue weighted by atomic mass is 9.88. The van der Waals surface area contributed by atoms with Crippen molar-refractivity contribution in [2.24, 2.45) is 11.8 Å². The first kappa shape index (κ1) is 49.0. The van der Waals surface area contributed by atoms with Gasteiger partial charge in [-0.15, -0.1) is 0 Å². The topological polar surface area (TPSA) is 131 Å². The molecule has 0 saturated carbocycles. The minimum Gasteiger partial charge on any atom is -0.457 e. The Labute approximate surface area is 385 Å². The van der Waals surface area contributed by atoms with Gasteiger partial charge in [0.15, 0.2) is 0 Å². The number of para-hydroxylation sites is 2. The highest BCUT2D eigenvalue weighted by molar-refractivity contribution is 6.33.